The third-order valence-electron chi connectivity index (χ3n) is 3.95. The second-order valence-corrected chi connectivity index (χ2v) is 5.32. The van der Waals surface area contributed by atoms with Crippen molar-refractivity contribution in [1.29, 1.82) is 0 Å². The molecule has 2 aromatic carbocycles. The van der Waals surface area contributed by atoms with Crippen LogP contribution in [0.4, 0.5) is 0 Å². The number of rotatable bonds is 5. The van der Waals surface area contributed by atoms with E-state index in [-0.39, 0.29) is 0 Å². The maximum atomic E-state index is 5.80. The Labute approximate surface area is 126 Å². The van der Waals surface area contributed by atoms with Gasteiger partial charge >= 0.3 is 0 Å². The highest BCUT2D eigenvalue weighted by molar-refractivity contribution is 5.31. The van der Waals surface area contributed by atoms with Gasteiger partial charge in [-0.15, -0.1) is 0 Å². The van der Waals surface area contributed by atoms with Gasteiger partial charge in [0.1, 0.15) is 18.1 Å². The van der Waals surface area contributed by atoms with Crippen molar-refractivity contribution in [2.45, 2.75) is 13.0 Å². The van der Waals surface area contributed by atoms with Crippen LogP contribution in [0.3, 0.4) is 0 Å². The van der Waals surface area contributed by atoms with Gasteiger partial charge in [0.05, 0.1) is 7.11 Å². The molecule has 1 heterocycles. The summed E-state index contributed by atoms with van der Waals surface area (Å²) in [6, 6.07) is 16.5. The maximum Gasteiger partial charge on any atom is 0.119 e. The van der Waals surface area contributed by atoms with Crippen molar-refractivity contribution in [3.8, 4) is 11.5 Å². The van der Waals surface area contributed by atoms with Crippen LogP contribution >= 0.6 is 0 Å². The summed E-state index contributed by atoms with van der Waals surface area (Å²) in [6.07, 6.45) is 1.14. The first kappa shape index (κ1) is 14.0. The summed E-state index contributed by atoms with van der Waals surface area (Å²) in [5.41, 5.74) is 2.94. The third-order valence-corrected chi connectivity index (χ3v) is 3.95. The predicted molar refractivity (Wildman–Crippen MR) is 83.9 cm³/mol. The van der Waals surface area contributed by atoms with Crippen LogP contribution in [-0.2, 0) is 13.0 Å². The Morgan fingerprint density at radius 2 is 1.67 bits per heavy atom. The van der Waals surface area contributed by atoms with Gasteiger partial charge in [-0.25, -0.2) is 0 Å². The zero-order chi connectivity index (χ0) is 14.5. The Kier molecular flexibility index (Phi) is 4.41. The SMILES string of the molecule is COc1ccc(OCCN2CCc3ccccc3C2)cc1. The highest BCUT2D eigenvalue weighted by atomic mass is 16.5. The highest BCUT2D eigenvalue weighted by Gasteiger charge is 2.15. The van der Waals surface area contributed by atoms with Crippen molar-refractivity contribution in [1.82, 2.24) is 4.90 Å². The van der Waals surface area contributed by atoms with E-state index >= 15 is 0 Å². The molecule has 3 rings (SSSR count). The number of methoxy groups -OCH3 is 1. The van der Waals surface area contributed by atoms with Crippen molar-refractivity contribution < 1.29 is 9.47 Å². The Morgan fingerprint density at radius 3 is 2.43 bits per heavy atom. The largest absolute Gasteiger partial charge is 0.497 e. The zero-order valence-corrected chi connectivity index (χ0v) is 12.4. The summed E-state index contributed by atoms with van der Waals surface area (Å²) < 4.78 is 10.9. The smallest absolute Gasteiger partial charge is 0.119 e. The molecular weight excluding hydrogens is 262 g/mol. The molecule has 0 atom stereocenters. The minimum absolute atomic E-state index is 0.717. The average Bonchev–Trinajstić information content (AvgIpc) is 2.55. The van der Waals surface area contributed by atoms with Gasteiger partial charge in [-0.3, -0.25) is 4.90 Å². The van der Waals surface area contributed by atoms with E-state index in [1.165, 1.54) is 11.1 Å². The van der Waals surface area contributed by atoms with Crippen LogP contribution in [0.1, 0.15) is 11.1 Å². The quantitative estimate of drug-likeness (QED) is 0.841. The molecule has 1 aliphatic heterocycles. The molecule has 0 saturated heterocycles. The first-order valence-electron chi connectivity index (χ1n) is 7.41. The molecule has 0 bridgehead atoms. The molecular formula is C18H21NO2. The summed E-state index contributed by atoms with van der Waals surface area (Å²) in [6.45, 7) is 3.82. The summed E-state index contributed by atoms with van der Waals surface area (Å²) in [5.74, 6) is 1.75. The van der Waals surface area contributed by atoms with E-state index in [0.29, 0.717) is 6.61 Å². The molecule has 0 amide bonds. The maximum absolute atomic E-state index is 5.80. The Morgan fingerprint density at radius 1 is 0.952 bits per heavy atom. The van der Waals surface area contributed by atoms with E-state index in [4.69, 9.17) is 9.47 Å². The third kappa shape index (κ3) is 3.56. The van der Waals surface area contributed by atoms with Gasteiger partial charge in [0, 0.05) is 19.6 Å². The van der Waals surface area contributed by atoms with E-state index in [2.05, 4.69) is 29.2 Å². The Bertz CT molecular complexity index is 580. The van der Waals surface area contributed by atoms with Crippen LogP contribution in [-0.4, -0.2) is 31.7 Å². The fraction of sp³-hybridized carbons (Fsp3) is 0.333. The molecule has 0 radical (unpaired) electrons. The molecule has 0 spiro atoms. The second kappa shape index (κ2) is 6.64. The zero-order valence-electron chi connectivity index (χ0n) is 12.4. The average molecular weight is 283 g/mol. The fourth-order valence-corrected chi connectivity index (χ4v) is 2.71. The number of benzene rings is 2. The molecule has 3 nitrogen and oxygen atoms in total. The van der Waals surface area contributed by atoms with Gasteiger partial charge in [0.25, 0.3) is 0 Å². The lowest BCUT2D eigenvalue weighted by Gasteiger charge is -2.28. The van der Waals surface area contributed by atoms with Crippen molar-refractivity contribution in [2.75, 3.05) is 26.8 Å². The van der Waals surface area contributed by atoms with Gasteiger partial charge in [0.2, 0.25) is 0 Å². The lowest BCUT2D eigenvalue weighted by Crippen LogP contribution is -2.33. The van der Waals surface area contributed by atoms with Crippen LogP contribution in [0.5, 0.6) is 11.5 Å². The van der Waals surface area contributed by atoms with Crippen molar-refractivity contribution in [3.63, 3.8) is 0 Å². The van der Waals surface area contributed by atoms with Gasteiger partial charge in [0.15, 0.2) is 0 Å². The molecule has 2 aromatic rings. The summed E-state index contributed by atoms with van der Waals surface area (Å²) in [7, 11) is 1.67. The molecule has 0 aromatic heterocycles. The molecule has 3 heteroatoms. The Balaban J connectivity index is 1.48. The minimum Gasteiger partial charge on any atom is -0.497 e. The van der Waals surface area contributed by atoms with Gasteiger partial charge < -0.3 is 9.47 Å². The summed E-state index contributed by atoms with van der Waals surface area (Å²) in [5, 5.41) is 0. The van der Waals surface area contributed by atoms with Crippen LogP contribution in [0.2, 0.25) is 0 Å². The van der Waals surface area contributed by atoms with Crippen LogP contribution < -0.4 is 9.47 Å². The van der Waals surface area contributed by atoms with E-state index in [1.807, 2.05) is 24.3 Å². The normalized spacial score (nSPS) is 14.5. The number of fused-ring (bicyclic) bond motifs is 1. The second-order valence-electron chi connectivity index (χ2n) is 5.32. The van der Waals surface area contributed by atoms with Crippen molar-refractivity contribution in [2.24, 2.45) is 0 Å². The van der Waals surface area contributed by atoms with Crippen LogP contribution in [0, 0.1) is 0 Å². The first-order valence-corrected chi connectivity index (χ1v) is 7.41. The van der Waals surface area contributed by atoms with Crippen LogP contribution in [0.25, 0.3) is 0 Å². The monoisotopic (exact) mass is 283 g/mol. The number of nitrogens with zero attached hydrogens (tertiary/aromatic N) is 1. The molecule has 21 heavy (non-hydrogen) atoms. The summed E-state index contributed by atoms with van der Waals surface area (Å²) >= 11 is 0. The van der Waals surface area contributed by atoms with Crippen molar-refractivity contribution >= 4 is 0 Å². The number of hydrogen-bond donors (Lipinski definition) is 0. The lowest BCUT2D eigenvalue weighted by molar-refractivity contribution is 0.196. The van der Waals surface area contributed by atoms with E-state index < -0.39 is 0 Å². The van der Waals surface area contributed by atoms with Gasteiger partial charge in [-0.05, 0) is 41.8 Å². The molecule has 0 unspecified atom stereocenters. The predicted octanol–water partition coefficient (Wildman–Crippen LogP) is 3.13. The molecule has 0 fully saturated rings. The van der Waals surface area contributed by atoms with Gasteiger partial charge in [-0.2, -0.15) is 0 Å². The minimum atomic E-state index is 0.717. The van der Waals surface area contributed by atoms with E-state index in [1.54, 1.807) is 7.11 Å². The highest BCUT2D eigenvalue weighted by Crippen LogP contribution is 2.19. The number of ether oxygens (including phenoxy) is 2. The summed E-state index contributed by atoms with van der Waals surface area (Å²) in [4.78, 5) is 2.45. The molecule has 0 saturated carbocycles. The standard InChI is InChI=1S/C18H21NO2/c1-20-17-6-8-18(9-7-17)21-13-12-19-11-10-15-4-2-3-5-16(15)14-19/h2-9H,10-14H2,1H3. The van der Waals surface area contributed by atoms with Crippen LogP contribution in [0.15, 0.2) is 48.5 Å². The Hall–Kier alpha value is -2.00. The molecule has 0 aliphatic carbocycles. The fourth-order valence-electron chi connectivity index (χ4n) is 2.71. The topological polar surface area (TPSA) is 21.7 Å². The number of hydrogen-bond acceptors (Lipinski definition) is 3. The molecule has 0 N–H and O–H groups in total. The van der Waals surface area contributed by atoms with Gasteiger partial charge in [-0.1, -0.05) is 24.3 Å². The lowest BCUT2D eigenvalue weighted by atomic mass is 10.0. The van der Waals surface area contributed by atoms with E-state index in [0.717, 1.165) is 37.6 Å². The molecule has 110 valence electrons. The van der Waals surface area contributed by atoms with Crippen molar-refractivity contribution in [3.05, 3.63) is 59.7 Å². The first-order chi connectivity index (χ1) is 10.3. The van der Waals surface area contributed by atoms with E-state index in [9.17, 15) is 0 Å². The molecule has 1 aliphatic rings.